The Morgan fingerprint density at radius 2 is 1.88 bits per heavy atom. The van der Waals surface area contributed by atoms with Gasteiger partial charge >= 0.3 is 11.9 Å². The number of hydrogen-bond acceptors (Lipinski definition) is 5. The maximum Gasteiger partial charge on any atom is 0.416 e. The molecule has 3 rings (SSSR count). The molecule has 3 aromatic carbocycles. The van der Waals surface area contributed by atoms with E-state index in [2.05, 4.69) is 20.9 Å². The predicted molar refractivity (Wildman–Crippen MR) is 122 cm³/mol. The second-order valence-corrected chi connectivity index (χ2v) is 7.98. The largest absolute Gasteiger partial charge is 0.493 e. The van der Waals surface area contributed by atoms with Gasteiger partial charge in [-0.3, -0.25) is 15.1 Å². The summed E-state index contributed by atoms with van der Waals surface area (Å²) < 4.78 is 50.1. The number of halogens is 5. The molecule has 3 aromatic rings. The molecule has 0 N–H and O–H groups in total. The van der Waals surface area contributed by atoms with E-state index < -0.39 is 22.4 Å². The molecule has 0 saturated carbocycles. The Kier molecular flexibility index (Phi) is 7.28. The summed E-state index contributed by atoms with van der Waals surface area (Å²) >= 11 is 9.43. The van der Waals surface area contributed by atoms with Crippen molar-refractivity contribution in [3.05, 3.63) is 84.8 Å². The number of hydrogen-bond donors (Lipinski definition) is 0. The molecule has 172 valence electrons. The second kappa shape index (κ2) is 9.80. The van der Waals surface area contributed by atoms with Crippen LogP contribution in [0.4, 0.5) is 24.5 Å². The summed E-state index contributed by atoms with van der Waals surface area (Å²) in [5.74, 6) is -0.137. The molecule has 11 heteroatoms. The van der Waals surface area contributed by atoms with Crippen LogP contribution in [-0.2, 0) is 6.18 Å². The zero-order valence-corrected chi connectivity index (χ0v) is 19.5. The third-order valence-corrected chi connectivity index (χ3v) is 5.54. The van der Waals surface area contributed by atoms with Gasteiger partial charge in [-0.05, 0) is 70.4 Å². The first-order valence-corrected chi connectivity index (χ1v) is 10.4. The number of benzene rings is 3. The summed E-state index contributed by atoms with van der Waals surface area (Å²) in [6.07, 6.45) is -3.17. The van der Waals surface area contributed by atoms with E-state index in [4.69, 9.17) is 21.1 Å². The molecule has 0 bridgehead atoms. The van der Waals surface area contributed by atoms with Crippen LogP contribution >= 0.6 is 27.5 Å². The molecule has 0 atom stereocenters. The Morgan fingerprint density at radius 3 is 2.52 bits per heavy atom. The number of ether oxygens (including phenoxy) is 2. The maximum absolute atomic E-state index is 12.9. The molecule has 6 nitrogen and oxygen atoms in total. The zero-order valence-electron chi connectivity index (χ0n) is 17.1. The predicted octanol–water partition coefficient (Wildman–Crippen LogP) is 7.89. The summed E-state index contributed by atoms with van der Waals surface area (Å²) in [5.41, 5.74) is 0.0815. The molecule has 33 heavy (non-hydrogen) atoms. The summed E-state index contributed by atoms with van der Waals surface area (Å²) in [6, 6.07) is 10.5. The molecule has 0 aromatic heterocycles. The Labute approximate surface area is 199 Å². The van der Waals surface area contributed by atoms with Crippen molar-refractivity contribution in [2.24, 2.45) is 4.99 Å². The van der Waals surface area contributed by atoms with Crippen LogP contribution in [0.2, 0.25) is 5.02 Å². The Hall–Kier alpha value is -3.11. The van der Waals surface area contributed by atoms with E-state index in [1.165, 1.54) is 7.11 Å². The van der Waals surface area contributed by atoms with Crippen LogP contribution in [0.25, 0.3) is 0 Å². The van der Waals surface area contributed by atoms with Crippen molar-refractivity contribution in [3.8, 4) is 17.2 Å². The lowest BCUT2D eigenvalue weighted by Gasteiger charge is -2.14. The fourth-order valence-electron chi connectivity index (χ4n) is 2.83. The van der Waals surface area contributed by atoms with Gasteiger partial charge in [0.15, 0.2) is 11.5 Å². The average Bonchev–Trinajstić information content (AvgIpc) is 2.75. The van der Waals surface area contributed by atoms with E-state index in [-0.39, 0.29) is 17.2 Å². The van der Waals surface area contributed by atoms with Crippen molar-refractivity contribution in [2.45, 2.75) is 13.1 Å². The second-order valence-electron chi connectivity index (χ2n) is 6.72. The average molecular weight is 544 g/mol. The highest BCUT2D eigenvalue weighted by Gasteiger charge is 2.33. The van der Waals surface area contributed by atoms with Crippen LogP contribution in [-0.4, -0.2) is 18.2 Å². The van der Waals surface area contributed by atoms with Crippen molar-refractivity contribution in [1.82, 2.24) is 0 Å². The van der Waals surface area contributed by atoms with Gasteiger partial charge in [0.1, 0.15) is 0 Å². The molecule has 0 aliphatic carbocycles. The molecular formula is C22H15BrClF3N2O4. The number of nitro benzene ring substituents is 1. The van der Waals surface area contributed by atoms with Crippen LogP contribution in [0, 0.1) is 17.0 Å². The first kappa shape index (κ1) is 24.5. The summed E-state index contributed by atoms with van der Waals surface area (Å²) in [7, 11) is 1.36. The summed E-state index contributed by atoms with van der Waals surface area (Å²) in [5, 5.41) is 11.9. The molecule has 0 unspecified atom stereocenters. The van der Waals surface area contributed by atoms with Gasteiger partial charge in [0.25, 0.3) is 0 Å². The lowest BCUT2D eigenvalue weighted by Crippen LogP contribution is -2.06. The fourth-order valence-corrected chi connectivity index (χ4v) is 3.54. The van der Waals surface area contributed by atoms with Crippen LogP contribution in [0.1, 0.15) is 16.7 Å². The van der Waals surface area contributed by atoms with E-state index in [0.29, 0.717) is 32.9 Å². The summed E-state index contributed by atoms with van der Waals surface area (Å²) in [6.45, 7) is 1.83. The highest BCUT2D eigenvalue weighted by molar-refractivity contribution is 9.10. The molecule has 0 spiro atoms. The molecule has 0 heterocycles. The number of nitrogens with zero attached hydrogens (tertiary/aromatic N) is 2. The molecule has 0 amide bonds. The van der Waals surface area contributed by atoms with Gasteiger partial charge < -0.3 is 9.47 Å². The zero-order chi connectivity index (χ0) is 24.3. The van der Waals surface area contributed by atoms with Gasteiger partial charge in [0.2, 0.25) is 5.75 Å². The number of alkyl halides is 3. The third-order valence-electron chi connectivity index (χ3n) is 4.54. The van der Waals surface area contributed by atoms with E-state index in [1.54, 1.807) is 36.5 Å². The first-order valence-electron chi connectivity index (χ1n) is 9.21. The lowest BCUT2D eigenvalue weighted by molar-refractivity contribution is -0.385. The van der Waals surface area contributed by atoms with E-state index in [9.17, 15) is 23.3 Å². The van der Waals surface area contributed by atoms with Crippen LogP contribution in [0.15, 0.2) is 58.0 Å². The fraction of sp³-hybridized carbons (Fsp3) is 0.136. The van der Waals surface area contributed by atoms with Crippen LogP contribution in [0.5, 0.6) is 17.2 Å². The first-order chi connectivity index (χ1) is 15.5. The van der Waals surface area contributed by atoms with Gasteiger partial charge in [-0.25, -0.2) is 0 Å². The topological polar surface area (TPSA) is 74.0 Å². The van der Waals surface area contributed by atoms with Gasteiger partial charge in [0, 0.05) is 17.3 Å². The van der Waals surface area contributed by atoms with Gasteiger partial charge in [-0.2, -0.15) is 13.2 Å². The summed E-state index contributed by atoms with van der Waals surface area (Å²) in [4.78, 5) is 14.8. The number of rotatable bonds is 6. The quantitative estimate of drug-likeness (QED) is 0.180. The molecular weight excluding hydrogens is 529 g/mol. The Morgan fingerprint density at radius 1 is 1.15 bits per heavy atom. The molecule has 0 aliphatic heterocycles. The van der Waals surface area contributed by atoms with Gasteiger partial charge in [-0.15, -0.1) is 0 Å². The van der Waals surface area contributed by atoms with Gasteiger partial charge in [0.05, 0.1) is 27.8 Å². The SMILES string of the molecule is COc1cc(C=Nc2cccc(Cl)c2C)cc(Br)c1Oc1ccc(C(F)(F)F)cc1[N+](=O)[O-]. The van der Waals surface area contributed by atoms with Crippen molar-refractivity contribution < 1.29 is 27.6 Å². The number of aliphatic imine (C=N–C) groups is 1. The highest BCUT2D eigenvalue weighted by atomic mass is 79.9. The minimum absolute atomic E-state index is 0.0523. The minimum Gasteiger partial charge on any atom is -0.493 e. The van der Waals surface area contributed by atoms with E-state index in [0.717, 1.165) is 11.6 Å². The Bertz CT molecular complexity index is 1250. The van der Waals surface area contributed by atoms with E-state index >= 15 is 0 Å². The van der Waals surface area contributed by atoms with Crippen LogP contribution < -0.4 is 9.47 Å². The standard InChI is InChI=1S/C22H15BrClF3N2O4/c1-12-16(24)4-3-5-17(12)28-11-13-8-15(23)21(20(9-13)32-2)33-19-7-6-14(22(25,26)27)10-18(19)29(30)31/h3-11H,1-2H3. The van der Waals surface area contributed by atoms with Gasteiger partial charge in [-0.1, -0.05) is 17.7 Å². The molecule has 0 aliphatic rings. The number of methoxy groups -OCH3 is 1. The normalized spacial score (nSPS) is 11.6. The van der Waals surface area contributed by atoms with Crippen molar-refractivity contribution >= 4 is 45.1 Å². The third kappa shape index (κ3) is 5.63. The Balaban J connectivity index is 1.98. The van der Waals surface area contributed by atoms with E-state index in [1.807, 2.05) is 6.92 Å². The van der Waals surface area contributed by atoms with Crippen molar-refractivity contribution in [3.63, 3.8) is 0 Å². The monoisotopic (exact) mass is 542 g/mol. The highest BCUT2D eigenvalue weighted by Crippen LogP contribution is 2.43. The number of nitro groups is 1. The smallest absolute Gasteiger partial charge is 0.416 e. The lowest BCUT2D eigenvalue weighted by atomic mass is 10.1. The molecule has 0 fully saturated rings. The minimum atomic E-state index is -4.73. The van der Waals surface area contributed by atoms with Crippen molar-refractivity contribution in [2.75, 3.05) is 7.11 Å². The molecule has 0 saturated heterocycles. The molecule has 0 radical (unpaired) electrons. The van der Waals surface area contributed by atoms with Crippen molar-refractivity contribution in [1.29, 1.82) is 0 Å². The maximum atomic E-state index is 12.9. The van der Waals surface area contributed by atoms with Crippen LogP contribution in [0.3, 0.4) is 0 Å².